The van der Waals surface area contributed by atoms with E-state index < -0.39 is 5.97 Å². The minimum Gasteiger partial charge on any atom is -0.481 e. The Morgan fingerprint density at radius 1 is 1.42 bits per heavy atom. The molecule has 1 fully saturated rings. The summed E-state index contributed by atoms with van der Waals surface area (Å²) in [6.45, 7) is 6.81. The summed E-state index contributed by atoms with van der Waals surface area (Å²) in [5.74, 6) is -0.739. The van der Waals surface area contributed by atoms with Crippen LogP contribution in [0, 0.1) is 13.8 Å². The van der Waals surface area contributed by atoms with E-state index in [1.807, 2.05) is 0 Å². The molecule has 1 aliphatic heterocycles. The lowest BCUT2D eigenvalue weighted by atomic mass is 10.1. The van der Waals surface area contributed by atoms with Gasteiger partial charge in [-0.1, -0.05) is 6.07 Å². The second-order valence-electron chi connectivity index (χ2n) is 5.30. The van der Waals surface area contributed by atoms with Gasteiger partial charge >= 0.3 is 5.97 Å². The number of carboxylic acid groups (broad SMARTS) is 1. The first kappa shape index (κ1) is 13.9. The highest BCUT2D eigenvalue weighted by molar-refractivity contribution is 5.66. The van der Waals surface area contributed by atoms with E-state index in [-0.39, 0.29) is 6.42 Å². The van der Waals surface area contributed by atoms with Gasteiger partial charge in [-0.05, 0) is 43.5 Å². The van der Waals surface area contributed by atoms with Crippen molar-refractivity contribution in [3.63, 3.8) is 0 Å². The Kier molecular flexibility index (Phi) is 4.43. The fraction of sp³-hybridized carbons (Fsp3) is 0.533. The van der Waals surface area contributed by atoms with Gasteiger partial charge in [0.1, 0.15) is 0 Å². The number of carbonyl (C=O) groups is 1. The van der Waals surface area contributed by atoms with Gasteiger partial charge < -0.3 is 15.3 Å². The third-order valence-electron chi connectivity index (χ3n) is 3.82. The largest absolute Gasteiger partial charge is 0.481 e. The normalized spacial score (nSPS) is 18.8. The third-order valence-corrected chi connectivity index (χ3v) is 3.82. The maximum absolute atomic E-state index is 10.5. The monoisotopic (exact) mass is 262 g/mol. The molecule has 0 radical (unpaired) electrons. The number of anilines is 1. The summed E-state index contributed by atoms with van der Waals surface area (Å²) in [4.78, 5) is 12.8. The molecule has 1 saturated heterocycles. The summed E-state index contributed by atoms with van der Waals surface area (Å²) >= 11 is 0. The first-order chi connectivity index (χ1) is 9.06. The minimum atomic E-state index is -0.739. The Morgan fingerprint density at radius 2 is 2.21 bits per heavy atom. The Balaban J connectivity index is 1.87. The second kappa shape index (κ2) is 6.06. The Hall–Kier alpha value is -1.55. The van der Waals surface area contributed by atoms with Gasteiger partial charge in [0.15, 0.2) is 0 Å². The first-order valence-corrected chi connectivity index (χ1v) is 6.83. The zero-order valence-electron chi connectivity index (χ0n) is 11.6. The SMILES string of the molecule is Cc1ccc(N2CCC(NCCC(=O)O)C2)cc1C. The zero-order chi connectivity index (χ0) is 13.8. The van der Waals surface area contributed by atoms with E-state index in [1.54, 1.807) is 0 Å². The number of aryl methyl sites for hydroxylation is 2. The average Bonchev–Trinajstić information content (AvgIpc) is 2.81. The van der Waals surface area contributed by atoms with Gasteiger partial charge in [0.25, 0.3) is 0 Å². The molecule has 0 aliphatic carbocycles. The van der Waals surface area contributed by atoms with Crippen molar-refractivity contribution in [1.82, 2.24) is 5.32 Å². The van der Waals surface area contributed by atoms with Crippen LogP contribution >= 0.6 is 0 Å². The molecule has 2 rings (SSSR count). The molecule has 0 aromatic heterocycles. The summed E-state index contributed by atoms with van der Waals surface area (Å²) in [5, 5.41) is 11.9. The highest BCUT2D eigenvalue weighted by atomic mass is 16.4. The van der Waals surface area contributed by atoms with Crippen LogP contribution in [0.4, 0.5) is 5.69 Å². The molecule has 19 heavy (non-hydrogen) atoms. The van der Waals surface area contributed by atoms with Gasteiger partial charge in [-0.25, -0.2) is 0 Å². The van der Waals surface area contributed by atoms with E-state index in [2.05, 4.69) is 42.3 Å². The molecule has 0 spiro atoms. The molecule has 1 aromatic rings. The van der Waals surface area contributed by atoms with Gasteiger partial charge in [0.05, 0.1) is 6.42 Å². The summed E-state index contributed by atoms with van der Waals surface area (Å²) < 4.78 is 0. The standard InChI is InChI=1S/C15H22N2O2/c1-11-3-4-14(9-12(11)2)17-8-6-13(10-17)16-7-5-15(18)19/h3-4,9,13,16H,5-8,10H2,1-2H3,(H,18,19). The number of benzene rings is 1. The summed E-state index contributed by atoms with van der Waals surface area (Å²) in [6, 6.07) is 6.97. The van der Waals surface area contributed by atoms with Gasteiger partial charge in [-0.15, -0.1) is 0 Å². The third kappa shape index (κ3) is 3.70. The zero-order valence-corrected chi connectivity index (χ0v) is 11.6. The van der Waals surface area contributed by atoms with Crippen LogP contribution < -0.4 is 10.2 Å². The molecule has 1 atom stereocenters. The first-order valence-electron chi connectivity index (χ1n) is 6.83. The number of carboxylic acids is 1. The van der Waals surface area contributed by atoms with Crippen molar-refractivity contribution in [1.29, 1.82) is 0 Å². The van der Waals surface area contributed by atoms with Crippen LogP contribution in [0.25, 0.3) is 0 Å². The van der Waals surface area contributed by atoms with Gasteiger partial charge in [-0.2, -0.15) is 0 Å². The lowest BCUT2D eigenvalue weighted by Gasteiger charge is -2.20. The molecule has 0 bridgehead atoms. The maximum atomic E-state index is 10.5. The van der Waals surface area contributed by atoms with Crippen LogP contribution in [0.2, 0.25) is 0 Å². The van der Waals surface area contributed by atoms with Crippen LogP contribution in [0.5, 0.6) is 0 Å². The lowest BCUT2D eigenvalue weighted by molar-refractivity contribution is -0.136. The number of rotatable bonds is 5. The van der Waals surface area contributed by atoms with E-state index >= 15 is 0 Å². The number of nitrogens with one attached hydrogen (secondary N) is 1. The Labute approximate surface area is 114 Å². The second-order valence-corrected chi connectivity index (χ2v) is 5.30. The number of aliphatic carboxylic acids is 1. The average molecular weight is 262 g/mol. The van der Waals surface area contributed by atoms with Crippen LogP contribution in [-0.4, -0.2) is 36.8 Å². The molecule has 1 aromatic carbocycles. The molecular weight excluding hydrogens is 240 g/mol. The molecule has 104 valence electrons. The van der Waals surface area contributed by atoms with Crippen LogP contribution in [0.15, 0.2) is 18.2 Å². The van der Waals surface area contributed by atoms with E-state index in [0.717, 1.165) is 19.5 Å². The van der Waals surface area contributed by atoms with Crippen LogP contribution in [0.1, 0.15) is 24.0 Å². The van der Waals surface area contributed by atoms with E-state index in [4.69, 9.17) is 5.11 Å². The lowest BCUT2D eigenvalue weighted by Crippen LogP contribution is -2.33. The fourth-order valence-corrected chi connectivity index (χ4v) is 2.47. The van der Waals surface area contributed by atoms with E-state index in [0.29, 0.717) is 12.6 Å². The molecule has 0 amide bonds. The van der Waals surface area contributed by atoms with Crippen molar-refractivity contribution in [2.75, 3.05) is 24.5 Å². The van der Waals surface area contributed by atoms with Crippen molar-refractivity contribution < 1.29 is 9.90 Å². The van der Waals surface area contributed by atoms with Crippen molar-refractivity contribution in [2.24, 2.45) is 0 Å². The van der Waals surface area contributed by atoms with Gasteiger partial charge in [0.2, 0.25) is 0 Å². The number of hydrogen-bond donors (Lipinski definition) is 2. The molecule has 1 heterocycles. The van der Waals surface area contributed by atoms with Gasteiger partial charge in [0, 0.05) is 31.4 Å². The summed E-state index contributed by atoms with van der Waals surface area (Å²) in [6.07, 6.45) is 1.27. The highest BCUT2D eigenvalue weighted by Crippen LogP contribution is 2.22. The van der Waals surface area contributed by atoms with Crippen molar-refractivity contribution in [3.05, 3.63) is 29.3 Å². The molecule has 1 unspecified atom stereocenters. The van der Waals surface area contributed by atoms with E-state index in [9.17, 15) is 4.79 Å². The Bertz CT molecular complexity index is 459. The smallest absolute Gasteiger partial charge is 0.304 e. The quantitative estimate of drug-likeness (QED) is 0.851. The van der Waals surface area contributed by atoms with Crippen molar-refractivity contribution in [2.45, 2.75) is 32.7 Å². The Morgan fingerprint density at radius 3 is 2.89 bits per heavy atom. The highest BCUT2D eigenvalue weighted by Gasteiger charge is 2.22. The number of hydrogen-bond acceptors (Lipinski definition) is 3. The predicted octanol–water partition coefficient (Wildman–Crippen LogP) is 1.95. The summed E-state index contributed by atoms with van der Waals surface area (Å²) in [7, 11) is 0. The molecule has 2 N–H and O–H groups in total. The minimum absolute atomic E-state index is 0.195. The molecule has 1 aliphatic rings. The number of nitrogens with zero attached hydrogens (tertiary/aromatic N) is 1. The summed E-state index contributed by atoms with van der Waals surface area (Å²) in [5.41, 5.74) is 3.91. The molecule has 4 heteroatoms. The topological polar surface area (TPSA) is 52.6 Å². The van der Waals surface area contributed by atoms with Crippen LogP contribution in [0.3, 0.4) is 0 Å². The van der Waals surface area contributed by atoms with Gasteiger partial charge in [-0.3, -0.25) is 4.79 Å². The molecule has 4 nitrogen and oxygen atoms in total. The molecule has 0 saturated carbocycles. The fourth-order valence-electron chi connectivity index (χ4n) is 2.47. The molecular formula is C15H22N2O2. The maximum Gasteiger partial charge on any atom is 0.304 e. The predicted molar refractivity (Wildman–Crippen MR) is 76.8 cm³/mol. The van der Waals surface area contributed by atoms with E-state index in [1.165, 1.54) is 16.8 Å². The van der Waals surface area contributed by atoms with Crippen molar-refractivity contribution in [3.8, 4) is 0 Å². The van der Waals surface area contributed by atoms with Crippen molar-refractivity contribution >= 4 is 11.7 Å². The van der Waals surface area contributed by atoms with Crippen LogP contribution in [-0.2, 0) is 4.79 Å².